The largest absolute Gasteiger partial charge is 0.305 e. The van der Waals surface area contributed by atoms with E-state index in [2.05, 4.69) is 37.6 Å². The third kappa shape index (κ3) is 3.26. The standard InChI is InChI=1S/C15H18BrN3OS/c1-15(2,3)21(20)17-7-12-9-19-8-11(10-4-5-10)6-13(16)14(19)18-12/h6-10H,4-5H2,1-3H3/t21-/m1/s1. The smallest absolute Gasteiger partial charge is 0.151 e. The van der Waals surface area contributed by atoms with Crippen molar-refractivity contribution in [2.24, 2.45) is 4.40 Å². The van der Waals surface area contributed by atoms with Crippen molar-refractivity contribution in [3.63, 3.8) is 0 Å². The van der Waals surface area contributed by atoms with Crippen molar-refractivity contribution < 1.29 is 4.21 Å². The van der Waals surface area contributed by atoms with Gasteiger partial charge >= 0.3 is 0 Å². The maximum absolute atomic E-state index is 11.9. The molecule has 1 atom stereocenters. The molecule has 0 saturated heterocycles. The predicted octanol–water partition coefficient (Wildman–Crippen LogP) is 3.86. The van der Waals surface area contributed by atoms with Gasteiger partial charge in [-0.25, -0.2) is 9.19 Å². The molecule has 0 amide bonds. The number of hydrogen-bond donors (Lipinski definition) is 0. The Hall–Kier alpha value is -1.01. The van der Waals surface area contributed by atoms with Crippen LogP contribution in [0.2, 0.25) is 0 Å². The number of aromatic nitrogens is 2. The Bertz CT molecular complexity index is 741. The van der Waals surface area contributed by atoms with Crippen LogP contribution < -0.4 is 0 Å². The molecule has 0 radical (unpaired) electrons. The Morgan fingerprint density at radius 3 is 2.76 bits per heavy atom. The fraction of sp³-hybridized carbons (Fsp3) is 0.467. The lowest BCUT2D eigenvalue weighted by Crippen LogP contribution is -2.19. The van der Waals surface area contributed by atoms with E-state index >= 15 is 0 Å². The van der Waals surface area contributed by atoms with E-state index in [0.29, 0.717) is 5.92 Å². The first-order chi connectivity index (χ1) is 9.84. The summed E-state index contributed by atoms with van der Waals surface area (Å²) in [6.07, 6.45) is 8.19. The zero-order valence-electron chi connectivity index (χ0n) is 12.3. The molecule has 2 aromatic rings. The van der Waals surface area contributed by atoms with Gasteiger partial charge in [0.05, 0.1) is 15.4 Å². The molecule has 0 aromatic carbocycles. The molecule has 6 heteroatoms. The summed E-state index contributed by atoms with van der Waals surface area (Å²) in [5, 5.41) is 0. The van der Waals surface area contributed by atoms with E-state index in [4.69, 9.17) is 0 Å². The van der Waals surface area contributed by atoms with Crippen molar-refractivity contribution in [1.82, 2.24) is 9.38 Å². The monoisotopic (exact) mass is 367 g/mol. The molecular formula is C15H18BrN3OS. The van der Waals surface area contributed by atoms with Crippen LogP contribution in [-0.4, -0.2) is 24.6 Å². The van der Waals surface area contributed by atoms with Crippen LogP contribution in [0.15, 0.2) is 27.3 Å². The fourth-order valence-corrected chi connectivity index (χ4v) is 3.14. The first-order valence-electron chi connectivity index (χ1n) is 6.99. The van der Waals surface area contributed by atoms with Gasteiger partial charge in [0.2, 0.25) is 0 Å². The first kappa shape index (κ1) is 14.9. The second-order valence-corrected chi connectivity index (χ2v) is 9.18. The third-order valence-corrected chi connectivity index (χ3v) is 5.33. The van der Waals surface area contributed by atoms with Crippen molar-refractivity contribution in [3.05, 3.63) is 34.2 Å². The van der Waals surface area contributed by atoms with Gasteiger partial charge in [0.15, 0.2) is 5.65 Å². The molecule has 2 heterocycles. The number of imidazole rings is 1. The molecule has 1 saturated carbocycles. The molecule has 1 aliphatic carbocycles. The summed E-state index contributed by atoms with van der Waals surface area (Å²) in [7, 11) is -1.26. The third-order valence-electron chi connectivity index (χ3n) is 3.40. The molecule has 0 spiro atoms. The normalized spacial score (nSPS) is 17.7. The van der Waals surface area contributed by atoms with Gasteiger partial charge in [-0.2, -0.15) is 4.40 Å². The lowest BCUT2D eigenvalue weighted by atomic mass is 10.2. The van der Waals surface area contributed by atoms with Gasteiger partial charge in [-0.05, 0) is 67.1 Å². The molecule has 0 aliphatic heterocycles. The highest BCUT2D eigenvalue weighted by Crippen LogP contribution is 2.41. The summed E-state index contributed by atoms with van der Waals surface area (Å²) in [6.45, 7) is 5.72. The summed E-state index contributed by atoms with van der Waals surface area (Å²) in [4.78, 5) is 4.52. The van der Waals surface area contributed by atoms with Crippen molar-refractivity contribution in [2.45, 2.75) is 44.3 Å². The molecule has 0 unspecified atom stereocenters. The Balaban J connectivity index is 1.92. The predicted molar refractivity (Wildman–Crippen MR) is 90.4 cm³/mol. The van der Waals surface area contributed by atoms with E-state index < -0.39 is 11.0 Å². The van der Waals surface area contributed by atoms with Crippen molar-refractivity contribution >= 4 is 38.8 Å². The quantitative estimate of drug-likeness (QED) is 0.773. The second-order valence-electron chi connectivity index (χ2n) is 6.39. The van der Waals surface area contributed by atoms with E-state index in [1.54, 1.807) is 6.21 Å². The van der Waals surface area contributed by atoms with Crippen molar-refractivity contribution in [3.8, 4) is 0 Å². The lowest BCUT2D eigenvalue weighted by Gasteiger charge is -2.12. The van der Waals surface area contributed by atoms with Gasteiger partial charge in [-0.15, -0.1) is 0 Å². The summed E-state index contributed by atoms with van der Waals surface area (Å²) in [5.74, 6) is 0.693. The highest BCUT2D eigenvalue weighted by molar-refractivity contribution is 9.10. The minimum absolute atomic E-state index is 0.352. The van der Waals surface area contributed by atoms with Gasteiger partial charge in [-0.1, -0.05) is 0 Å². The van der Waals surface area contributed by atoms with Gasteiger partial charge in [-0.3, -0.25) is 0 Å². The van der Waals surface area contributed by atoms with Crippen molar-refractivity contribution in [1.29, 1.82) is 0 Å². The zero-order valence-corrected chi connectivity index (χ0v) is 14.7. The van der Waals surface area contributed by atoms with Crippen LogP contribution >= 0.6 is 15.9 Å². The Labute approximate surface area is 135 Å². The van der Waals surface area contributed by atoms with Gasteiger partial charge < -0.3 is 4.40 Å². The second kappa shape index (κ2) is 5.32. The molecule has 21 heavy (non-hydrogen) atoms. The molecule has 4 nitrogen and oxygen atoms in total. The highest BCUT2D eigenvalue weighted by atomic mass is 79.9. The van der Waals surface area contributed by atoms with Crippen LogP contribution in [0.3, 0.4) is 0 Å². The SMILES string of the molecule is CC(C)(C)[S@@](=O)N=Cc1cn2cc(C3CC3)cc(Br)c2n1. The van der Waals surface area contributed by atoms with Gasteiger partial charge in [0, 0.05) is 12.4 Å². The summed E-state index contributed by atoms with van der Waals surface area (Å²) >= 11 is 3.58. The zero-order chi connectivity index (χ0) is 15.2. The number of rotatable bonds is 3. The molecule has 0 bridgehead atoms. The molecule has 3 rings (SSSR count). The van der Waals surface area contributed by atoms with E-state index in [0.717, 1.165) is 15.8 Å². The first-order valence-corrected chi connectivity index (χ1v) is 8.89. The van der Waals surface area contributed by atoms with Crippen LogP contribution in [0.4, 0.5) is 0 Å². The highest BCUT2D eigenvalue weighted by Gasteiger charge is 2.24. The number of hydrogen-bond acceptors (Lipinski definition) is 2. The topological polar surface area (TPSA) is 46.7 Å². The Morgan fingerprint density at radius 2 is 2.14 bits per heavy atom. The molecule has 0 N–H and O–H groups in total. The summed E-state index contributed by atoms with van der Waals surface area (Å²) < 4.78 is 18.7. The van der Waals surface area contributed by atoms with Crippen LogP contribution in [0.25, 0.3) is 5.65 Å². The average molecular weight is 368 g/mol. The number of nitrogens with zero attached hydrogens (tertiary/aromatic N) is 3. The lowest BCUT2D eigenvalue weighted by molar-refractivity contribution is 0.651. The fourth-order valence-electron chi connectivity index (χ4n) is 2.06. The molecular weight excluding hydrogens is 350 g/mol. The number of halogens is 1. The Kier molecular flexibility index (Phi) is 3.78. The van der Waals surface area contributed by atoms with E-state index in [1.807, 2.05) is 31.4 Å². The maximum Gasteiger partial charge on any atom is 0.151 e. The summed E-state index contributed by atoms with van der Waals surface area (Å²) in [6, 6.07) is 2.15. The van der Waals surface area contributed by atoms with Crippen molar-refractivity contribution in [2.75, 3.05) is 0 Å². The minimum Gasteiger partial charge on any atom is -0.305 e. The molecule has 1 aliphatic rings. The van der Waals surface area contributed by atoms with Crippen LogP contribution in [0, 0.1) is 0 Å². The van der Waals surface area contributed by atoms with E-state index in [-0.39, 0.29) is 4.75 Å². The van der Waals surface area contributed by atoms with Crippen LogP contribution in [0.5, 0.6) is 0 Å². The number of pyridine rings is 1. The van der Waals surface area contributed by atoms with E-state index in [1.165, 1.54) is 18.4 Å². The van der Waals surface area contributed by atoms with Gasteiger partial charge in [0.1, 0.15) is 16.7 Å². The molecule has 112 valence electrons. The van der Waals surface area contributed by atoms with E-state index in [9.17, 15) is 4.21 Å². The Morgan fingerprint density at radius 1 is 1.43 bits per heavy atom. The number of fused-ring (bicyclic) bond motifs is 1. The summed E-state index contributed by atoms with van der Waals surface area (Å²) in [5.41, 5.74) is 2.93. The average Bonchev–Trinajstić information content (AvgIpc) is 3.15. The molecule has 2 aromatic heterocycles. The van der Waals surface area contributed by atoms with Crippen LogP contribution in [-0.2, 0) is 11.0 Å². The van der Waals surface area contributed by atoms with Crippen LogP contribution in [0.1, 0.15) is 50.8 Å². The molecule has 1 fully saturated rings. The van der Waals surface area contributed by atoms with Gasteiger partial charge in [0.25, 0.3) is 0 Å². The maximum atomic E-state index is 11.9. The minimum atomic E-state index is -1.26.